The first-order chi connectivity index (χ1) is 7.55. The van der Waals surface area contributed by atoms with E-state index in [-0.39, 0.29) is 18.0 Å². The lowest BCUT2D eigenvalue weighted by molar-refractivity contribution is -0.168. The molecule has 0 spiro atoms. The zero-order valence-electron chi connectivity index (χ0n) is 10.2. The van der Waals surface area contributed by atoms with Crippen LogP contribution in [0.3, 0.4) is 0 Å². The normalized spacial score (nSPS) is 38.7. The van der Waals surface area contributed by atoms with Crippen molar-refractivity contribution in [3.8, 4) is 0 Å². The highest BCUT2D eigenvalue weighted by Gasteiger charge is 2.52. The molecule has 1 N–H and O–H groups in total. The maximum Gasteiger partial charge on any atom is 0.308 e. The van der Waals surface area contributed by atoms with Gasteiger partial charge in [-0.1, -0.05) is 6.92 Å². The lowest BCUT2D eigenvalue weighted by atomic mass is 9.82. The molecule has 0 saturated heterocycles. The molecular formula is C13H22O3. The van der Waals surface area contributed by atoms with Crippen LogP contribution in [0.4, 0.5) is 0 Å². The first-order valence-electron chi connectivity index (χ1n) is 6.45. The van der Waals surface area contributed by atoms with Crippen LogP contribution in [-0.4, -0.2) is 22.8 Å². The Hall–Kier alpha value is -0.570. The van der Waals surface area contributed by atoms with Gasteiger partial charge in [0, 0.05) is 0 Å². The molecule has 2 saturated carbocycles. The van der Waals surface area contributed by atoms with Gasteiger partial charge in [0.25, 0.3) is 0 Å². The molecular weight excluding hydrogens is 204 g/mol. The quantitative estimate of drug-likeness (QED) is 0.748. The Morgan fingerprint density at radius 3 is 2.75 bits per heavy atom. The van der Waals surface area contributed by atoms with Crippen LogP contribution < -0.4 is 0 Å². The van der Waals surface area contributed by atoms with Crippen LogP contribution in [0.15, 0.2) is 0 Å². The number of ether oxygens (including phenoxy) is 1. The summed E-state index contributed by atoms with van der Waals surface area (Å²) in [6, 6.07) is 0. The molecule has 0 aromatic rings. The number of aliphatic hydroxyl groups excluding tert-OH is 1. The number of carbonyl (C=O) groups is 1. The molecule has 2 rings (SSSR count). The Morgan fingerprint density at radius 1 is 1.56 bits per heavy atom. The van der Waals surface area contributed by atoms with Gasteiger partial charge in [-0.2, -0.15) is 0 Å². The van der Waals surface area contributed by atoms with E-state index in [0.29, 0.717) is 5.92 Å². The van der Waals surface area contributed by atoms with E-state index in [1.54, 1.807) is 6.92 Å². The fraction of sp³-hybridized carbons (Fsp3) is 0.923. The van der Waals surface area contributed by atoms with Crippen LogP contribution in [-0.2, 0) is 9.53 Å². The number of rotatable bonds is 4. The first-order valence-corrected chi connectivity index (χ1v) is 6.45. The van der Waals surface area contributed by atoms with Crippen molar-refractivity contribution in [2.24, 2.45) is 11.8 Å². The van der Waals surface area contributed by atoms with E-state index < -0.39 is 6.10 Å². The number of carbonyl (C=O) groups excluding carboxylic acids is 1. The summed E-state index contributed by atoms with van der Waals surface area (Å²) in [5, 5.41) is 9.18. The predicted octanol–water partition coefficient (Wildman–Crippen LogP) is 2.27. The second kappa shape index (κ2) is 4.36. The summed E-state index contributed by atoms with van der Waals surface area (Å²) in [7, 11) is 0. The summed E-state index contributed by atoms with van der Waals surface area (Å²) in [6.45, 7) is 3.73. The van der Waals surface area contributed by atoms with Crippen LogP contribution >= 0.6 is 0 Å². The average Bonchev–Trinajstić information content (AvgIpc) is 2.76. The molecule has 0 aromatic carbocycles. The van der Waals surface area contributed by atoms with Crippen molar-refractivity contribution in [2.75, 3.05) is 0 Å². The molecule has 3 nitrogen and oxygen atoms in total. The summed E-state index contributed by atoms with van der Waals surface area (Å²) < 4.78 is 5.69. The largest absolute Gasteiger partial charge is 0.459 e. The summed E-state index contributed by atoms with van der Waals surface area (Å²) in [6.07, 6.45) is 5.23. The Kier molecular flexibility index (Phi) is 3.24. The fourth-order valence-corrected chi connectivity index (χ4v) is 3.53. The van der Waals surface area contributed by atoms with E-state index in [9.17, 15) is 9.90 Å². The lowest BCUT2D eigenvalue weighted by Gasteiger charge is -2.36. The predicted molar refractivity (Wildman–Crippen MR) is 60.9 cm³/mol. The summed E-state index contributed by atoms with van der Waals surface area (Å²) >= 11 is 0. The van der Waals surface area contributed by atoms with Crippen LogP contribution in [0.1, 0.15) is 52.4 Å². The number of fused-ring (bicyclic) bond motifs is 2. The van der Waals surface area contributed by atoms with Crippen LogP contribution in [0, 0.1) is 11.8 Å². The molecule has 2 aliphatic rings. The third-order valence-corrected chi connectivity index (χ3v) is 4.30. The van der Waals surface area contributed by atoms with Gasteiger partial charge in [0.05, 0.1) is 12.5 Å². The van der Waals surface area contributed by atoms with Crippen molar-refractivity contribution >= 4 is 5.97 Å². The average molecular weight is 226 g/mol. The van der Waals surface area contributed by atoms with E-state index >= 15 is 0 Å². The van der Waals surface area contributed by atoms with Crippen LogP contribution in [0.25, 0.3) is 0 Å². The molecule has 4 atom stereocenters. The van der Waals surface area contributed by atoms with Crippen molar-refractivity contribution in [1.82, 2.24) is 0 Å². The van der Waals surface area contributed by atoms with Crippen molar-refractivity contribution in [3.63, 3.8) is 0 Å². The molecule has 2 bridgehead atoms. The molecule has 0 aliphatic heterocycles. The van der Waals surface area contributed by atoms with E-state index in [0.717, 1.165) is 18.8 Å². The SMILES string of the molecule is CCC1(OC(=O)CC(C)O)CC2CCC1C2. The monoisotopic (exact) mass is 226 g/mol. The van der Waals surface area contributed by atoms with Crippen molar-refractivity contribution < 1.29 is 14.6 Å². The highest BCUT2D eigenvalue weighted by atomic mass is 16.6. The smallest absolute Gasteiger partial charge is 0.308 e. The Balaban J connectivity index is 1.98. The molecule has 2 fully saturated rings. The molecule has 2 aliphatic carbocycles. The maximum absolute atomic E-state index is 11.7. The van der Waals surface area contributed by atoms with E-state index in [1.807, 2.05) is 0 Å². The van der Waals surface area contributed by atoms with Gasteiger partial charge in [-0.25, -0.2) is 0 Å². The zero-order chi connectivity index (χ0) is 11.8. The maximum atomic E-state index is 11.7. The summed E-state index contributed by atoms with van der Waals surface area (Å²) in [4.78, 5) is 11.7. The Labute approximate surface area is 97.2 Å². The van der Waals surface area contributed by atoms with Crippen molar-refractivity contribution in [1.29, 1.82) is 0 Å². The Bertz CT molecular complexity index is 274. The standard InChI is InChI=1S/C13H22O3/c1-3-13(16-12(15)6-9(2)14)8-10-4-5-11(13)7-10/h9-11,14H,3-8H2,1-2H3. The molecule has 0 aromatic heterocycles. The number of esters is 1. The van der Waals surface area contributed by atoms with Crippen molar-refractivity contribution in [2.45, 2.75) is 64.1 Å². The first kappa shape index (κ1) is 11.9. The second-order valence-corrected chi connectivity index (χ2v) is 5.53. The molecule has 3 heteroatoms. The third-order valence-electron chi connectivity index (χ3n) is 4.30. The van der Waals surface area contributed by atoms with Gasteiger partial charge in [0.2, 0.25) is 0 Å². The number of hydrogen-bond donors (Lipinski definition) is 1. The van der Waals surface area contributed by atoms with Crippen molar-refractivity contribution in [3.05, 3.63) is 0 Å². The molecule has 92 valence electrons. The van der Waals surface area contributed by atoms with E-state index in [2.05, 4.69) is 6.92 Å². The van der Waals surface area contributed by atoms with Gasteiger partial charge in [-0.05, 0) is 50.9 Å². The fourth-order valence-electron chi connectivity index (χ4n) is 3.53. The van der Waals surface area contributed by atoms with Gasteiger partial charge >= 0.3 is 5.97 Å². The molecule has 0 heterocycles. The topological polar surface area (TPSA) is 46.5 Å². The second-order valence-electron chi connectivity index (χ2n) is 5.53. The highest BCUT2D eigenvalue weighted by molar-refractivity contribution is 5.70. The molecule has 16 heavy (non-hydrogen) atoms. The van der Waals surface area contributed by atoms with Gasteiger partial charge in [-0.3, -0.25) is 4.79 Å². The third kappa shape index (κ3) is 2.10. The Morgan fingerprint density at radius 2 is 2.31 bits per heavy atom. The number of aliphatic hydroxyl groups is 1. The molecule has 4 unspecified atom stereocenters. The minimum atomic E-state index is -0.597. The number of hydrogen-bond acceptors (Lipinski definition) is 3. The minimum Gasteiger partial charge on any atom is -0.459 e. The van der Waals surface area contributed by atoms with E-state index in [4.69, 9.17) is 4.74 Å². The minimum absolute atomic E-state index is 0.124. The van der Waals surface area contributed by atoms with Crippen LogP contribution in [0.5, 0.6) is 0 Å². The summed E-state index contributed by atoms with van der Waals surface area (Å²) in [5.74, 6) is 1.11. The van der Waals surface area contributed by atoms with Gasteiger partial charge < -0.3 is 9.84 Å². The highest BCUT2D eigenvalue weighted by Crippen LogP contribution is 2.54. The van der Waals surface area contributed by atoms with Gasteiger partial charge in [0.1, 0.15) is 5.60 Å². The van der Waals surface area contributed by atoms with Gasteiger partial charge in [-0.15, -0.1) is 0 Å². The zero-order valence-corrected chi connectivity index (χ0v) is 10.2. The lowest BCUT2D eigenvalue weighted by Crippen LogP contribution is -2.40. The van der Waals surface area contributed by atoms with Gasteiger partial charge in [0.15, 0.2) is 0 Å². The molecule has 0 radical (unpaired) electrons. The molecule has 0 amide bonds. The summed E-state index contributed by atoms with van der Waals surface area (Å²) in [5.41, 5.74) is -0.200. The van der Waals surface area contributed by atoms with Crippen LogP contribution in [0.2, 0.25) is 0 Å². The van der Waals surface area contributed by atoms with E-state index in [1.165, 1.54) is 19.3 Å².